The summed E-state index contributed by atoms with van der Waals surface area (Å²) < 4.78 is 0. The Morgan fingerprint density at radius 2 is 2.06 bits per heavy atom. The molecule has 0 amide bonds. The van der Waals surface area contributed by atoms with E-state index in [-0.39, 0.29) is 0 Å². The minimum absolute atomic E-state index is 0.358. The molecule has 31 heavy (non-hydrogen) atoms. The van der Waals surface area contributed by atoms with Gasteiger partial charge in [0, 0.05) is 35.6 Å². The molecule has 3 aromatic heterocycles. The highest BCUT2D eigenvalue weighted by atomic mass is 32.1. The third-order valence-corrected chi connectivity index (χ3v) is 7.12. The number of fused-ring (bicyclic) bond motifs is 1. The van der Waals surface area contributed by atoms with Crippen molar-refractivity contribution in [3.63, 3.8) is 0 Å². The van der Waals surface area contributed by atoms with Crippen molar-refractivity contribution < 1.29 is 9.90 Å². The van der Waals surface area contributed by atoms with Crippen molar-refractivity contribution in [2.45, 2.75) is 31.7 Å². The SMILES string of the molecule is O=C(O)c1cccc(CN2CCC(c3c[nH]c4nccc(Cc5cccs5)c34)CC2)c1. The molecule has 4 aromatic rings. The molecule has 0 atom stereocenters. The summed E-state index contributed by atoms with van der Waals surface area (Å²) in [6.07, 6.45) is 7.20. The molecule has 0 unspecified atom stereocenters. The number of hydrogen-bond donors (Lipinski definition) is 2. The van der Waals surface area contributed by atoms with Crippen molar-refractivity contribution in [1.29, 1.82) is 0 Å². The van der Waals surface area contributed by atoms with Crippen LogP contribution >= 0.6 is 11.3 Å². The molecular formula is C25H25N3O2S. The van der Waals surface area contributed by atoms with Gasteiger partial charge in [0.1, 0.15) is 5.65 Å². The summed E-state index contributed by atoms with van der Waals surface area (Å²) in [5.74, 6) is -0.353. The van der Waals surface area contributed by atoms with E-state index < -0.39 is 5.97 Å². The molecule has 1 fully saturated rings. The molecule has 0 radical (unpaired) electrons. The molecule has 6 heteroatoms. The number of aromatic carboxylic acids is 1. The van der Waals surface area contributed by atoms with E-state index in [1.807, 2.05) is 18.3 Å². The topological polar surface area (TPSA) is 69.2 Å². The van der Waals surface area contributed by atoms with Gasteiger partial charge >= 0.3 is 5.97 Å². The average Bonchev–Trinajstić information content (AvgIpc) is 3.45. The maximum absolute atomic E-state index is 11.2. The molecule has 5 rings (SSSR count). The first-order chi connectivity index (χ1) is 15.2. The first kappa shape index (κ1) is 20.0. The molecule has 1 aromatic carbocycles. The van der Waals surface area contributed by atoms with Crippen LogP contribution in [0.5, 0.6) is 0 Å². The summed E-state index contributed by atoms with van der Waals surface area (Å²) in [5.41, 5.74) is 5.14. The number of nitrogens with zero attached hydrogens (tertiary/aromatic N) is 2. The van der Waals surface area contributed by atoms with E-state index in [0.717, 1.165) is 50.1 Å². The number of aromatic nitrogens is 2. The Balaban J connectivity index is 1.30. The monoisotopic (exact) mass is 431 g/mol. The van der Waals surface area contributed by atoms with Crippen LogP contribution in [0.1, 0.15) is 50.7 Å². The second kappa shape index (κ2) is 8.65. The molecule has 0 aliphatic carbocycles. The largest absolute Gasteiger partial charge is 0.478 e. The molecule has 0 saturated carbocycles. The fourth-order valence-corrected chi connectivity index (χ4v) is 5.41. The van der Waals surface area contributed by atoms with E-state index in [0.29, 0.717) is 11.5 Å². The van der Waals surface area contributed by atoms with Crippen molar-refractivity contribution in [1.82, 2.24) is 14.9 Å². The van der Waals surface area contributed by atoms with E-state index in [1.54, 1.807) is 23.5 Å². The highest BCUT2D eigenvalue weighted by Gasteiger charge is 2.24. The predicted octanol–water partition coefficient (Wildman–Crippen LogP) is 5.29. The maximum Gasteiger partial charge on any atom is 0.335 e. The third kappa shape index (κ3) is 4.27. The normalized spacial score (nSPS) is 15.5. The Kier molecular flexibility index (Phi) is 5.57. The number of pyridine rings is 1. The van der Waals surface area contributed by atoms with Gasteiger partial charge in [-0.1, -0.05) is 18.2 Å². The van der Waals surface area contributed by atoms with Gasteiger partial charge in [-0.3, -0.25) is 4.90 Å². The molecule has 0 spiro atoms. The highest BCUT2D eigenvalue weighted by molar-refractivity contribution is 7.09. The van der Waals surface area contributed by atoms with E-state index >= 15 is 0 Å². The minimum Gasteiger partial charge on any atom is -0.478 e. The zero-order valence-electron chi connectivity index (χ0n) is 17.3. The van der Waals surface area contributed by atoms with Crippen LogP contribution in [0.3, 0.4) is 0 Å². The van der Waals surface area contributed by atoms with Gasteiger partial charge in [-0.15, -0.1) is 11.3 Å². The quantitative estimate of drug-likeness (QED) is 0.435. The molecule has 1 saturated heterocycles. The number of likely N-dealkylation sites (tertiary alicyclic amines) is 1. The summed E-state index contributed by atoms with van der Waals surface area (Å²) in [6, 6.07) is 13.7. The van der Waals surface area contributed by atoms with Crippen LogP contribution in [0.15, 0.2) is 60.2 Å². The Morgan fingerprint density at radius 3 is 2.84 bits per heavy atom. The van der Waals surface area contributed by atoms with E-state index in [2.05, 4.69) is 44.6 Å². The van der Waals surface area contributed by atoms with Crippen molar-refractivity contribution in [3.05, 3.63) is 87.4 Å². The first-order valence-electron chi connectivity index (χ1n) is 10.7. The number of carboxylic acid groups (broad SMARTS) is 1. The number of nitrogens with one attached hydrogen (secondary N) is 1. The summed E-state index contributed by atoms with van der Waals surface area (Å²) in [7, 11) is 0. The lowest BCUT2D eigenvalue weighted by atomic mass is 9.88. The predicted molar refractivity (Wildman–Crippen MR) is 124 cm³/mol. The van der Waals surface area contributed by atoms with Crippen LogP contribution < -0.4 is 0 Å². The second-order valence-corrected chi connectivity index (χ2v) is 9.28. The molecule has 158 valence electrons. The van der Waals surface area contributed by atoms with Gasteiger partial charge in [0.25, 0.3) is 0 Å². The van der Waals surface area contributed by atoms with E-state index in [9.17, 15) is 9.90 Å². The van der Waals surface area contributed by atoms with Gasteiger partial charge in [-0.25, -0.2) is 9.78 Å². The van der Waals surface area contributed by atoms with Crippen LogP contribution in [-0.4, -0.2) is 39.0 Å². The fourth-order valence-electron chi connectivity index (χ4n) is 4.68. The number of aromatic amines is 1. The lowest BCUT2D eigenvalue weighted by Gasteiger charge is -2.32. The van der Waals surface area contributed by atoms with Gasteiger partial charge in [-0.05, 0) is 78.2 Å². The number of carboxylic acids is 1. The van der Waals surface area contributed by atoms with Crippen LogP contribution in [0.4, 0.5) is 0 Å². The molecule has 0 bridgehead atoms. The number of carbonyl (C=O) groups is 1. The van der Waals surface area contributed by atoms with E-state index in [4.69, 9.17) is 0 Å². The fraction of sp³-hybridized carbons (Fsp3) is 0.280. The third-order valence-electron chi connectivity index (χ3n) is 6.24. The van der Waals surface area contributed by atoms with Crippen molar-refractivity contribution in [2.24, 2.45) is 0 Å². The van der Waals surface area contributed by atoms with Crippen LogP contribution in [-0.2, 0) is 13.0 Å². The number of rotatable bonds is 6. The second-order valence-electron chi connectivity index (χ2n) is 8.25. The maximum atomic E-state index is 11.2. The van der Waals surface area contributed by atoms with Gasteiger partial charge in [-0.2, -0.15) is 0 Å². The van der Waals surface area contributed by atoms with Gasteiger partial charge in [0.15, 0.2) is 0 Å². The first-order valence-corrected chi connectivity index (χ1v) is 11.6. The van der Waals surface area contributed by atoms with E-state index in [1.165, 1.54) is 21.4 Å². The van der Waals surface area contributed by atoms with Crippen LogP contribution in [0.2, 0.25) is 0 Å². The Bertz CT molecular complexity index is 1190. The van der Waals surface area contributed by atoms with Crippen molar-refractivity contribution in [3.8, 4) is 0 Å². The summed E-state index contributed by atoms with van der Waals surface area (Å²) in [4.78, 5) is 23.0. The zero-order valence-corrected chi connectivity index (χ0v) is 18.1. The van der Waals surface area contributed by atoms with Crippen LogP contribution in [0.25, 0.3) is 11.0 Å². The van der Waals surface area contributed by atoms with Gasteiger partial charge < -0.3 is 10.1 Å². The van der Waals surface area contributed by atoms with Crippen molar-refractivity contribution in [2.75, 3.05) is 13.1 Å². The number of hydrogen-bond acceptors (Lipinski definition) is 4. The Labute approximate surface area is 185 Å². The molecule has 1 aliphatic heterocycles. The molecule has 5 nitrogen and oxygen atoms in total. The van der Waals surface area contributed by atoms with Crippen molar-refractivity contribution >= 4 is 28.3 Å². The number of benzene rings is 1. The smallest absolute Gasteiger partial charge is 0.335 e. The number of thiophene rings is 1. The average molecular weight is 432 g/mol. The molecular weight excluding hydrogens is 406 g/mol. The molecule has 1 aliphatic rings. The number of H-pyrrole nitrogens is 1. The number of piperidine rings is 1. The summed E-state index contributed by atoms with van der Waals surface area (Å²) in [6.45, 7) is 2.82. The lowest BCUT2D eigenvalue weighted by Crippen LogP contribution is -2.32. The lowest BCUT2D eigenvalue weighted by molar-refractivity contribution is 0.0696. The standard InChI is InChI=1S/C25H25N3O2S/c29-25(30)20-4-1-3-17(13-20)16-28-10-7-18(8-11-28)22-15-27-24-23(22)19(6-9-26-24)14-21-5-2-12-31-21/h1-6,9,12-13,15,18H,7-8,10-11,14,16H2,(H,26,27)(H,29,30). The minimum atomic E-state index is -0.869. The summed E-state index contributed by atoms with van der Waals surface area (Å²) in [5, 5.41) is 12.7. The molecule has 4 heterocycles. The molecule has 2 N–H and O–H groups in total. The zero-order chi connectivity index (χ0) is 21.2. The highest BCUT2D eigenvalue weighted by Crippen LogP contribution is 2.35. The van der Waals surface area contributed by atoms with Crippen LogP contribution in [0, 0.1) is 0 Å². The van der Waals surface area contributed by atoms with Gasteiger partial charge in [0.05, 0.1) is 5.56 Å². The van der Waals surface area contributed by atoms with Gasteiger partial charge in [0.2, 0.25) is 0 Å². The Hall–Kier alpha value is -2.96. The summed E-state index contributed by atoms with van der Waals surface area (Å²) >= 11 is 1.80. The Morgan fingerprint density at radius 1 is 1.19 bits per heavy atom.